The Morgan fingerprint density at radius 3 is 2.60 bits per heavy atom. The van der Waals surface area contributed by atoms with E-state index in [1.54, 1.807) is 21.6 Å². The fraction of sp³-hybridized carbons (Fsp3) is 0.121. The molecule has 2 heterocycles. The minimum atomic E-state index is -0.367. The van der Waals surface area contributed by atoms with Gasteiger partial charge in [-0.2, -0.15) is 0 Å². The van der Waals surface area contributed by atoms with Crippen molar-refractivity contribution in [3.8, 4) is 11.5 Å². The number of aromatic hydroxyl groups is 1. The number of phenols is 1. The molecule has 0 spiro atoms. The van der Waals surface area contributed by atoms with Crippen LogP contribution in [0.5, 0.6) is 11.5 Å². The molecular formula is C33H27ClN4O5. The maximum absolute atomic E-state index is 13.0. The number of imidazole rings is 1. The van der Waals surface area contributed by atoms with Crippen LogP contribution in [-0.4, -0.2) is 51.1 Å². The summed E-state index contributed by atoms with van der Waals surface area (Å²) in [6.07, 6.45) is 5.77. The first kappa shape index (κ1) is 27.9. The van der Waals surface area contributed by atoms with Gasteiger partial charge in [-0.1, -0.05) is 54.1 Å². The zero-order valence-electron chi connectivity index (χ0n) is 22.9. The lowest BCUT2D eigenvalue weighted by Crippen LogP contribution is -2.38. The number of para-hydroxylation sites is 2. The Morgan fingerprint density at radius 2 is 1.81 bits per heavy atom. The van der Waals surface area contributed by atoms with Crippen LogP contribution < -0.4 is 15.7 Å². The van der Waals surface area contributed by atoms with Gasteiger partial charge in [0.15, 0.2) is 6.61 Å². The van der Waals surface area contributed by atoms with Crippen molar-refractivity contribution in [2.45, 2.75) is 6.42 Å². The first-order valence-electron chi connectivity index (χ1n) is 13.7. The number of aromatic nitrogens is 2. The number of fused-ring (bicyclic) bond motifs is 2. The number of nitrogens with zero attached hydrogens (tertiary/aromatic N) is 2. The van der Waals surface area contributed by atoms with Gasteiger partial charge in [0.2, 0.25) is 0 Å². The van der Waals surface area contributed by atoms with Gasteiger partial charge in [0.1, 0.15) is 11.5 Å². The highest BCUT2D eigenvalue weighted by Crippen LogP contribution is 2.30. The molecule has 9 nitrogen and oxygen atoms in total. The van der Waals surface area contributed by atoms with Crippen LogP contribution in [0.2, 0.25) is 5.02 Å². The number of carbonyl (C=O) groups is 2. The molecule has 1 aromatic heterocycles. The van der Waals surface area contributed by atoms with E-state index in [0.29, 0.717) is 30.8 Å². The summed E-state index contributed by atoms with van der Waals surface area (Å²) in [4.78, 5) is 42.6. The lowest BCUT2D eigenvalue weighted by molar-refractivity contribution is -0.132. The molecule has 1 aliphatic rings. The zero-order valence-corrected chi connectivity index (χ0v) is 23.7. The molecule has 0 bridgehead atoms. The van der Waals surface area contributed by atoms with Gasteiger partial charge in [-0.3, -0.25) is 14.2 Å². The van der Waals surface area contributed by atoms with E-state index in [1.807, 2.05) is 60.7 Å². The number of H-pyrrole nitrogens is 1. The van der Waals surface area contributed by atoms with Crippen LogP contribution in [0.4, 0.5) is 0 Å². The third-order valence-corrected chi connectivity index (χ3v) is 7.67. The highest BCUT2D eigenvalue weighted by Gasteiger charge is 2.21. The minimum Gasteiger partial charge on any atom is -0.506 e. The van der Waals surface area contributed by atoms with Gasteiger partial charge < -0.3 is 25.0 Å². The second-order valence-corrected chi connectivity index (χ2v) is 10.4. The van der Waals surface area contributed by atoms with Gasteiger partial charge in [0, 0.05) is 42.4 Å². The maximum atomic E-state index is 13.0. The van der Waals surface area contributed by atoms with Gasteiger partial charge in [-0.05, 0) is 59.5 Å². The molecule has 10 heteroatoms. The quantitative estimate of drug-likeness (QED) is 0.233. The van der Waals surface area contributed by atoms with Crippen LogP contribution in [-0.2, 0) is 4.79 Å². The summed E-state index contributed by atoms with van der Waals surface area (Å²) in [6, 6.07) is 23.1. The highest BCUT2D eigenvalue weighted by atomic mass is 35.5. The topological polar surface area (TPSA) is 117 Å². The number of phenolic OH excluding ortho intramolecular Hbond substituents is 1. The largest absolute Gasteiger partial charge is 0.506 e. The second-order valence-electron chi connectivity index (χ2n) is 10.0. The number of carbonyl (C=O) groups excluding carboxylic acids is 2. The van der Waals surface area contributed by atoms with Gasteiger partial charge >= 0.3 is 5.69 Å². The molecule has 0 aliphatic carbocycles. The standard InChI is InChI=1S/C33H27ClN4O5/c34-26-19-22(9-11-29(26)39)32(41)35-16-13-21-10-12-30(25-6-2-1-5-24(21)25)43-20-31(40)37-17-14-23(15-18-37)38-28-8-4-3-7-27(28)36-33(38)42/h1-14,16,19,39H,15,17-18,20H2,(H,35,41)(H,36,42)/b16-13+. The molecule has 5 aromatic rings. The second kappa shape index (κ2) is 11.9. The number of halogens is 1. The average Bonchev–Trinajstić information content (AvgIpc) is 3.37. The number of nitrogens with one attached hydrogen (secondary N) is 2. The van der Waals surface area contributed by atoms with Crippen molar-refractivity contribution in [2.24, 2.45) is 0 Å². The Bertz CT molecular complexity index is 1990. The molecule has 1 aliphatic heterocycles. The average molecular weight is 595 g/mol. The first-order valence-corrected chi connectivity index (χ1v) is 14.0. The van der Waals surface area contributed by atoms with Crippen molar-refractivity contribution in [1.29, 1.82) is 0 Å². The summed E-state index contributed by atoms with van der Waals surface area (Å²) in [5.41, 5.74) is 3.43. The highest BCUT2D eigenvalue weighted by molar-refractivity contribution is 6.32. The molecule has 43 heavy (non-hydrogen) atoms. The fourth-order valence-corrected chi connectivity index (χ4v) is 5.34. The molecule has 0 radical (unpaired) electrons. The zero-order chi connectivity index (χ0) is 29.9. The van der Waals surface area contributed by atoms with Crippen molar-refractivity contribution >= 4 is 57.0 Å². The third kappa shape index (κ3) is 5.75. The number of hydrogen-bond donors (Lipinski definition) is 3. The predicted molar refractivity (Wildman–Crippen MR) is 167 cm³/mol. The molecule has 216 valence electrons. The predicted octanol–water partition coefficient (Wildman–Crippen LogP) is 5.39. The van der Waals surface area contributed by atoms with Crippen LogP contribution in [0.15, 0.2) is 95.9 Å². The van der Waals surface area contributed by atoms with E-state index in [-0.39, 0.29) is 34.9 Å². The van der Waals surface area contributed by atoms with E-state index in [2.05, 4.69) is 10.3 Å². The third-order valence-electron chi connectivity index (χ3n) is 7.37. The number of hydrogen-bond acceptors (Lipinski definition) is 5. The summed E-state index contributed by atoms with van der Waals surface area (Å²) in [7, 11) is 0. The normalized spacial score (nSPS) is 13.4. The molecule has 0 atom stereocenters. The van der Waals surface area contributed by atoms with Crippen LogP contribution in [0, 0.1) is 0 Å². The summed E-state index contributed by atoms with van der Waals surface area (Å²) in [5, 5.41) is 14.1. The van der Waals surface area contributed by atoms with E-state index in [4.69, 9.17) is 16.3 Å². The van der Waals surface area contributed by atoms with Crippen molar-refractivity contribution in [2.75, 3.05) is 19.7 Å². The van der Waals surface area contributed by atoms with E-state index in [9.17, 15) is 19.5 Å². The van der Waals surface area contributed by atoms with Gasteiger partial charge in [0.05, 0.1) is 16.1 Å². The minimum absolute atomic E-state index is 0.0920. The van der Waals surface area contributed by atoms with E-state index in [1.165, 1.54) is 24.4 Å². The van der Waals surface area contributed by atoms with Gasteiger partial charge in [-0.15, -0.1) is 0 Å². The molecule has 0 saturated heterocycles. The Labute approximate surface area is 251 Å². The summed E-state index contributed by atoms with van der Waals surface area (Å²) < 4.78 is 7.66. The van der Waals surface area contributed by atoms with Crippen LogP contribution in [0.1, 0.15) is 22.3 Å². The Morgan fingerprint density at radius 1 is 1.02 bits per heavy atom. The monoisotopic (exact) mass is 594 g/mol. The molecule has 0 fully saturated rings. The first-order chi connectivity index (χ1) is 20.9. The fourth-order valence-electron chi connectivity index (χ4n) is 5.16. The summed E-state index contributed by atoms with van der Waals surface area (Å²) in [5.74, 6) is -0.0335. The molecule has 2 amide bonds. The summed E-state index contributed by atoms with van der Waals surface area (Å²) in [6.45, 7) is 0.739. The SMILES string of the molecule is O=C(N/C=C/c1ccc(OCC(=O)N2CC=C(n3c(=O)[nH]c4ccccc43)CC2)c2ccccc12)c1ccc(O)c(Cl)c1. The number of aromatic amines is 1. The Kier molecular flexibility index (Phi) is 7.72. The molecule has 0 saturated carbocycles. The van der Waals surface area contributed by atoms with Gasteiger partial charge in [0.25, 0.3) is 11.8 Å². The van der Waals surface area contributed by atoms with E-state index in [0.717, 1.165) is 33.1 Å². The summed E-state index contributed by atoms with van der Waals surface area (Å²) >= 11 is 5.91. The lowest BCUT2D eigenvalue weighted by atomic mass is 10.0. The smallest absolute Gasteiger partial charge is 0.330 e. The van der Waals surface area contributed by atoms with Crippen LogP contribution in [0.3, 0.4) is 0 Å². The van der Waals surface area contributed by atoms with Crippen LogP contribution in [0.25, 0.3) is 33.6 Å². The van der Waals surface area contributed by atoms with Gasteiger partial charge in [-0.25, -0.2) is 4.79 Å². The number of rotatable bonds is 7. The van der Waals surface area contributed by atoms with Crippen molar-refractivity contribution in [1.82, 2.24) is 19.8 Å². The Balaban J connectivity index is 1.11. The van der Waals surface area contributed by atoms with Crippen molar-refractivity contribution in [3.05, 3.63) is 118 Å². The van der Waals surface area contributed by atoms with E-state index >= 15 is 0 Å². The van der Waals surface area contributed by atoms with E-state index < -0.39 is 0 Å². The van der Waals surface area contributed by atoms with Crippen LogP contribution >= 0.6 is 11.6 Å². The maximum Gasteiger partial charge on any atom is 0.330 e. The molecule has 6 rings (SSSR count). The van der Waals surface area contributed by atoms with Crippen molar-refractivity contribution in [3.63, 3.8) is 0 Å². The Hall–Kier alpha value is -5.28. The molecule has 4 aromatic carbocycles. The number of benzene rings is 4. The molecule has 0 unspecified atom stereocenters. The lowest BCUT2D eigenvalue weighted by Gasteiger charge is -2.27. The van der Waals surface area contributed by atoms with Crippen molar-refractivity contribution < 1.29 is 19.4 Å². The molecule has 3 N–H and O–H groups in total. The number of ether oxygens (including phenoxy) is 1. The number of amides is 2. The molecular weight excluding hydrogens is 568 g/mol.